The third kappa shape index (κ3) is 3.44. The fourth-order valence-corrected chi connectivity index (χ4v) is 4.58. The van der Waals surface area contributed by atoms with Crippen molar-refractivity contribution >= 4 is 35.4 Å². The molecule has 0 spiro atoms. The summed E-state index contributed by atoms with van der Waals surface area (Å²) in [6.07, 6.45) is 5.37. The van der Waals surface area contributed by atoms with Gasteiger partial charge < -0.3 is 9.47 Å². The second-order valence-corrected chi connectivity index (χ2v) is 8.06. The first kappa shape index (κ1) is 19.7. The topological polar surface area (TPSA) is 18.5 Å². The van der Waals surface area contributed by atoms with Gasteiger partial charge in [0, 0.05) is 13.2 Å². The molecule has 0 saturated heterocycles. The fourth-order valence-electron chi connectivity index (χ4n) is 3.99. The summed E-state index contributed by atoms with van der Waals surface area (Å²) in [6.45, 7) is 5.51. The molecule has 0 N–H and O–H groups in total. The molecule has 4 rings (SSSR count). The number of ether oxygens (including phenoxy) is 2. The van der Waals surface area contributed by atoms with Gasteiger partial charge in [-0.3, -0.25) is 0 Å². The minimum atomic E-state index is -0.280. The van der Waals surface area contributed by atoms with Crippen LogP contribution >= 0.6 is 23.2 Å². The van der Waals surface area contributed by atoms with Gasteiger partial charge in [-0.2, -0.15) is 0 Å². The Morgan fingerprint density at radius 1 is 0.714 bits per heavy atom. The number of halogens is 2. The molecule has 0 aromatic heterocycles. The predicted octanol–water partition coefficient (Wildman–Crippen LogP) is 7.48. The Balaban J connectivity index is 2.00. The average Bonchev–Trinajstić information content (AvgIpc) is 2.89. The van der Waals surface area contributed by atoms with Crippen molar-refractivity contribution in [1.29, 1.82) is 0 Å². The summed E-state index contributed by atoms with van der Waals surface area (Å²) in [5, 5.41) is 1.40. The van der Waals surface area contributed by atoms with Gasteiger partial charge in [-0.15, -0.1) is 0 Å². The third-order valence-electron chi connectivity index (χ3n) is 5.14. The first-order valence-electron chi connectivity index (χ1n) is 9.89. The highest BCUT2D eigenvalue weighted by Gasteiger charge is 2.32. The molecule has 0 heterocycles. The average molecular weight is 415 g/mol. The van der Waals surface area contributed by atoms with Crippen LogP contribution < -0.4 is 0 Å². The Morgan fingerprint density at radius 2 is 1.14 bits per heavy atom. The highest BCUT2D eigenvalue weighted by molar-refractivity contribution is 6.33. The van der Waals surface area contributed by atoms with Gasteiger partial charge in [-0.1, -0.05) is 73.4 Å². The Morgan fingerprint density at radius 3 is 1.54 bits per heavy atom. The molecule has 0 fully saturated rings. The smallest absolute Gasteiger partial charge is 0.119 e. The molecule has 0 radical (unpaired) electrons. The normalized spacial score (nSPS) is 20.0. The van der Waals surface area contributed by atoms with Crippen LogP contribution in [0.15, 0.2) is 46.5 Å². The fraction of sp³-hybridized carbons (Fsp3) is 0.333. The summed E-state index contributed by atoms with van der Waals surface area (Å²) in [6, 6.07) is 12.5. The van der Waals surface area contributed by atoms with Crippen LogP contribution in [0.2, 0.25) is 0 Å². The van der Waals surface area contributed by atoms with Crippen LogP contribution in [0.4, 0.5) is 0 Å². The monoisotopic (exact) mass is 414 g/mol. The number of hydrogen-bond donors (Lipinski definition) is 0. The van der Waals surface area contributed by atoms with E-state index in [0.29, 0.717) is 23.3 Å². The molecule has 2 nitrogen and oxygen atoms in total. The van der Waals surface area contributed by atoms with Gasteiger partial charge in [-0.25, -0.2) is 0 Å². The van der Waals surface area contributed by atoms with Crippen molar-refractivity contribution in [3.63, 3.8) is 0 Å². The van der Waals surface area contributed by atoms with E-state index in [1.54, 1.807) is 0 Å². The van der Waals surface area contributed by atoms with Crippen molar-refractivity contribution in [2.24, 2.45) is 0 Å². The summed E-state index contributed by atoms with van der Waals surface area (Å²) in [5.74, 6) is 0. The lowest BCUT2D eigenvalue weighted by molar-refractivity contribution is 0.0831. The maximum atomic E-state index is 6.76. The van der Waals surface area contributed by atoms with Crippen molar-refractivity contribution in [2.45, 2.75) is 38.9 Å². The molecule has 0 amide bonds. The third-order valence-corrected chi connectivity index (χ3v) is 5.75. The summed E-state index contributed by atoms with van der Waals surface area (Å²) in [7, 11) is 0. The minimum absolute atomic E-state index is 0.280. The Kier molecular flexibility index (Phi) is 5.93. The number of benzene rings is 2. The van der Waals surface area contributed by atoms with Crippen LogP contribution in [-0.4, -0.2) is 13.2 Å². The van der Waals surface area contributed by atoms with Crippen LogP contribution in [0, 0.1) is 0 Å². The highest BCUT2D eigenvalue weighted by atomic mass is 35.5. The van der Waals surface area contributed by atoms with Gasteiger partial charge >= 0.3 is 0 Å². The van der Waals surface area contributed by atoms with E-state index in [9.17, 15) is 0 Å². The molecule has 146 valence electrons. The van der Waals surface area contributed by atoms with E-state index in [1.807, 2.05) is 24.3 Å². The molecular formula is C24H24Cl2O2. The van der Waals surface area contributed by atoms with Gasteiger partial charge in [0.1, 0.15) is 12.2 Å². The van der Waals surface area contributed by atoms with Crippen LogP contribution in [0.1, 0.15) is 61.2 Å². The molecule has 2 aliphatic rings. The molecule has 0 unspecified atom stereocenters. The van der Waals surface area contributed by atoms with Crippen LogP contribution in [-0.2, 0) is 9.47 Å². The van der Waals surface area contributed by atoms with Crippen LogP contribution in [0.5, 0.6) is 0 Å². The zero-order valence-corrected chi connectivity index (χ0v) is 17.7. The lowest BCUT2D eigenvalue weighted by Crippen LogP contribution is -2.08. The van der Waals surface area contributed by atoms with Gasteiger partial charge in [-0.05, 0) is 58.4 Å². The van der Waals surface area contributed by atoms with E-state index >= 15 is 0 Å². The van der Waals surface area contributed by atoms with Crippen LogP contribution in [0.25, 0.3) is 23.3 Å². The van der Waals surface area contributed by atoms with E-state index in [2.05, 4.69) is 38.1 Å². The largest absolute Gasteiger partial charge is 0.368 e. The van der Waals surface area contributed by atoms with E-state index < -0.39 is 0 Å². The molecule has 2 aromatic carbocycles. The molecule has 0 aliphatic heterocycles. The second kappa shape index (κ2) is 8.42. The maximum Gasteiger partial charge on any atom is 0.119 e. The van der Waals surface area contributed by atoms with Gasteiger partial charge in [0.25, 0.3) is 0 Å². The number of hydrogen-bond acceptors (Lipinski definition) is 2. The molecule has 0 bridgehead atoms. The summed E-state index contributed by atoms with van der Waals surface area (Å²) in [4.78, 5) is 0. The predicted molar refractivity (Wildman–Crippen MR) is 118 cm³/mol. The number of rotatable bonds is 6. The van der Waals surface area contributed by atoms with Crippen LogP contribution in [0.3, 0.4) is 0 Å². The van der Waals surface area contributed by atoms with E-state index in [1.165, 1.54) is 0 Å². The first-order chi connectivity index (χ1) is 13.7. The van der Waals surface area contributed by atoms with E-state index in [4.69, 9.17) is 32.7 Å². The van der Waals surface area contributed by atoms with E-state index in [-0.39, 0.29) is 12.2 Å². The molecule has 2 atom stereocenters. The maximum absolute atomic E-state index is 6.76. The Hall–Kier alpha value is -1.58. The SMILES string of the molecule is CCCO[C@@H]1C(Cl)=Cc2cccc3c2-c2c(cccc21)C=C(Cl)[C@@H]3OCCC. The quantitative estimate of drug-likeness (QED) is 0.487. The van der Waals surface area contributed by atoms with Crippen molar-refractivity contribution in [3.8, 4) is 11.1 Å². The highest BCUT2D eigenvalue weighted by Crippen LogP contribution is 2.50. The van der Waals surface area contributed by atoms with Crippen molar-refractivity contribution in [1.82, 2.24) is 0 Å². The summed E-state index contributed by atoms with van der Waals surface area (Å²) < 4.78 is 12.4. The lowest BCUT2D eigenvalue weighted by atomic mass is 9.88. The molecule has 4 heteroatoms. The van der Waals surface area contributed by atoms with Gasteiger partial charge in [0.05, 0.1) is 10.1 Å². The van der Waals surface area contributed by atoms with Crippen molar-refractivity contribution in [3.05, 3.63) is 68.7 Å². The Bertz CT molecular complexity index is 868. The van der Waals surface area contributed by atoms with Crippen molar-refractivity contribution < 1.29 is 9.47 Å². The first-order valence-corrected chi connectivity index (χ1v) is 10.6. The van der Waals surface area contributed by atoms with Gasteiger partial charge in [0.15, 0.2) is 0 Å². The zero-order valence-electron chi connectivity index (χ0n) is 16.2. The van der Waals surface area contributed by atoms with Gasteiger partial charge in [0.2, 0.25) is 0 Å². The molecule has 0 saturated carbocycles. The zero-order chi connectivity index (χ0) is 19.7. The standard InChI is InChI=1S/C24H24Cl2O2/c1-3-11-27-23-17-9-5-7-16-14-20(26)24(28-12-4-2)18-10-6-8-15(13-19(23)25)22(18)21(16)17/h5-10,13-14,23-24H,3-4,11-12H2,1-2H3/t23-,24+. The summed E-state index contributed by atoms with van der Waals surface area (Å²) in [5.41, 5.74) is 6.58. The molecule has 2 aliphatic carbocycles. The summed E-state index contributed by atoms with van der Waals surface area (Å²) >= 11 is 13.5. The molecular weight excluding hydrogens is 391 g/mol. The van der Waals surface area contributed by atoms with Crippen molar-refractivity contribution in [2.75, 3.05) is 13.2 Å². The lowest BCUT2D eigenvalue weighted by Gasteiger charge is -2.22. The minimum Gasteiger partial charge on any atom is -0.368 e. The Labute approximate surface area is 176 Å². The molecule has 2 aromatic rings. The second-order valence-electron chi connectivity index (χ2n) is 7.18. The molecule has 28 heavy (non-hydrogen) atoms. The van der Waals surface area contributed by atoms with E-state index in [0.717, 1.165) is 46.2 Å².